The van der Waals surface area contributed by atoms with Crippen LogP contribution in [-0.4, -0.2) is 25.8 Å². The summed E-state index contributed by atoms with van der Waals surface area (Å²) in [7, 11) is -0.902. The number of hydrogen-bond acceptors (Lipinski definition) is 5. The predicted molar refractivity (Wildman–Crippen MR) is 143 cm³/mol. The first kappa shape index (κ1) is 25.5. The van der Waals surface area contributed by atoms with E-state index in [0.717, 1.165) is 43.4 Å². The molecule has 7 heteroatoms. The van der Waals surface area contributed by atoms with E-state index in [1.54, 1.807) is 0 Å². The number of allylic oxidation sites excluding steroid dienone is 3. The first-order chi connectivity index (χ1) is 16.3. The maximum atomic E-state index is 13.1. The van der Waals surface area contributed by atoms with E-state index in [9.17, 15) is 9.00 Å². The fraction of sp³-hybridized carbons (Fsp3) is 0.571. The molecule has 0 spiro atoms. The van der Waals surface area contributed by atoms with Gasteiger partial charge in [-0.15, -0.1) is 0 Å². The Hall–Kier alpha value is -2.59. The fourth-order valence-electron chi connectivity index (χ4n) is 5.72. The molecule has 1 aromatic rings. The maximum Gasteiger partial charge on any atom is 0.267 e. The van der Waals surface area contributed by atoms with E-state index in [1.807, 2.05) is 12.1 Å². The number of nitrogens with zero attached hydrogens (tertiary/aromatic N) is 1. The molecule has 1 unspecified atom stereocenters. The lowest BCUT2D eigenvalue weighted by Gasteiger charge is -2.44. The van der Waals surface area contributed by atoms with Gasteiger partial charge < -0.3 is 16.0 Å². The molecule has 1 fully saturated rings. The minimum atomic E-state index is -0.902. The number of carbonyl (C=O) groups is 1. The SMILES string of the molecule is CC1(C)CC=C(c2cc(C3CC(C)(C)S(=O)C(C)(C)C3)ccc2NC(=O)C2NC=C(C#N)N2)CC1. The predicted octanol–water partition coefficient (Wildman–Crippen LogP) is 5.29. The summed E-state index contributed by atoms with van der Waals surface area (Å²) in [5, 5.41) is 18.0. The zero-order chi connectivity index (χ0) is 25.6. The average molecular weight is 495 g/mol. The smallest absolute Gasteiger partial charge is 0.267 e. The van der Waals surface area contributed by atoms with E-state index in [4.69, 9.17) is 5.26 Å². The van der Waals surface area contributed by atoms with Crippen LogP contribution in [0.2, 0.25) is 0 Å². The normalized spacial score (nSPS) is 28.5. The Morgan fingerprint density at radius 2 is 1.83 bits per heavy atom. The van der Waals surface area contributed by atoms with Crippen molar-refractivity contribution in [2.75, 3.05) is 5.32 Å². The van der Waals surface area contributed by atoms with Crippen LogP contribution in [-0.2, 0) is 15.6 Å². The summed E-state index contributed by atoms with van der Waals surface area (Å²) in [6.07, 6.45) is 7.98. The minimum Gasteiger partial charge on any atom is -0.361 e. The molecule has 1 atom stereocenters. The molecule has 0 radical (unpaired) electrons. The summed E-state index contributed by atoms with van der Waals surface area (Å²) < 4.78 is 12.6. The summed E-state index contributed by atoms with van der Waals surface area (Å²) in [6, 6.07) is 8.40. The summed E-state index contributed by atoms with van der Waals surface area (Å²) >= 11 is 0. The summed E-state index contributed by atoms with van der Waals surface area (Å²) in [6.45, 7) is 13.0. The molecule has 0 aromatic heterocycles. The lowest BCUT2D eigenvalue weighted by atomic mass is 9.76. The first-order valence-corrected chi connectivity index (χ1v) is 13.7. The van der Waals surface area contributed by atoms with Crippen molar-refractivity contribution < 1.29 is 9.00 Å². The van der Waals surface area contributed by atoms with Gasteiger partial charge >= 0.3 is 0 Å². The summed E-state index contributed by atoms with van der Waals surface area (Å²) in [5.74, 6) is 0.0787. The van der Waals surface area contributed by atoms with Gasteiger partial charge in [0.15, 0.2) is 6.17 Å². The summed E-state index contributed by atoms with van der Waals surface area (Å²) in [4.78, 5) is 13.0. The Balaban J connectivity index is 1.66. The Morgan fingerprint density at radius 1 is 1.14 bits per heavy atom. The van der Waals surface area contributed by atoms with Crippen LogP contribution in [0.4, 0.5) is 5.69 Å². The highest BCUT2D eigenvalue weighted by Gasteiger charge is 2.45. The number of nitrogens with one attached hydrogen (secondary N) is 3. The van der Waals surface area contributed by atoms with Crippen LogP contribution in [0, 0.1) is 16.7 Å². The van der Waals surface area contributed by atoms with Crippen LogP contribution >= 0.6 is 0 Å². The van der Waals surface area contributed by atoms with E-state index in [-0.39, 0.29) is 20.8 Å². The third-order valence-corrected chi connectivity index (χ3v) is 9.99. The Kier molecular flexibility index (Phi) is 6.65. The molecule has 1 amide bonds. The van der Waals surface area contributed by atoms with Gasteiger partial charge in [0.05, 0.1) is 0 Å². The zero-order valence-electron chi connectivity index (χ0n) is 21.7. The van der Waals surface area contributed by atoms with E-state index >= 15 is 0 Å². The van der Waals surface area contributed by atoms with E-state index in [2.05, 4.69) is 75.7 Å². The molecular formula is C28H38N4O2S. The Morgan fingerprint density at radius 3 is 2.40 bits per heavy atom. The second-order valence-corrected chi connectivity index (χ2v) is 14.9. The van der Waals surface area contributed by atoms with E-state index in [0.29, 0.717) is 11.6 Å². The highest BCUT2D eigenvalue weighted by Crippen LogP contribution is 2.47. The minimum absolute atomic E-state index is 0.229. The third kappa shape index (κ3) is 5.33. The highest BCUT2D eigenvalue weighted by atomic mass is 32.2. The van der Waals surface area contributed by atoms with Gasteiger partial charge in [0.2, 0.25) is 0 Å². The maximum absolute atomic E-state index is 13.1. The van der Waals surface area contributed by atoms with Gasteiger partial charge in [0, 0.05) is 37.7 Å². The van der Waals surface area contributed by atoms with Gasteiger partial charge in [-0.3, -0.25) is 9.00 Å². The van der Waals surface area contributed by atoms with Gasteiger partial charge in [-0.2, -0.15) is 5.26 Å². The van der Waals surface area contributed by atoms with Crippen molar-refractivity contribution in [1.29, 1.82) is 5.26 Å². The van der Waals surface area contributed by atoms with Crippen molar-refractivity contribution in [3.8, 4) is 6.07 Å². The van der Waals surface area contributed by atoms with Gasteiger partial charge in [-0.05, 0) is 94.4 Å². The van der Waals surface area contributed by atoms with Gasteiger partial charge in [0.1, 0.15) is 11.8 Å². The molecule has 3 N–H and O–H groups in total. The molecule has 6 nitrogen and oxygen atoms in total. The van der Waals surface area contributed by atoms with Crippen LogP contribution in [0.5, 0.6) is 0 Å². The number of amides is 1. The zero-order valence-corrected chi connectivity index (χ0v) is 22.6. The molecule has 1 aromatic carbocycles. The van der Waals surface area contributed by atoms with Crippen LogP contribution in [0.15, 0.2) is 36.2 Å². The van der Waals surface area contributed by atoms with Crippen molar-refractivity contribution in [2.24, 2.45) is 5.41 Å². The standard InChI is InChI=1S/C28H38N4O2S/c1-26(2)11-9-18(10-12-26)22-13-19(20-14-27(3,4)35(34)28(5,6)15-20)7-8-23(22)32-25(33)24-30-17-21(16-29)31-24/h7-9,13,17,20,24,30-31H,10-12,14-15H2,1-6H3,(H,32,33). The average Bonchev–Trinajstić information content (AvgIpc) is 3.27. The van der Waals surface area contributed by atoms with Crippen molar-refractivity contribution >= 4 is 28.0 Å². The largest absolute Gasteiger partial charge is 0.361 e. The Bertz CT molecular complexity index is 1140. The fourth-order valence-corrected chi connectivity index (χ4v) is 7.92. The molecule has 188 valence electrons. The van der Waals surface area contributed by atoms with Crippen LogP contribution in [0.25, 0.3) is 5.57 Å². The van der Waals surface area contributed by atoms with Crippen molar-refractivity contribution in [3.63, 3.8) is 0 Å². The second-order valence-electron chi connectivity index (χ2n) is 12.2. The van der Waals surface area contributed by atoms with Gasteiger partial charge in [-0.1, -0.05) is 26.0 Å². The molecular weight excluding hydrogens is 456 g/mol. The molecule has 35 heavy (non-hydrogen) atoms. The molecule has 2 heterocycles. The van der Waals surface area contributed by atoms with Crippen molar-refractivity contribution in [1.82, 2.24) is 10.6 Å². The Labute approximate surface area is 212 Å². The molecule has 0 saturated carbocycles. The number of anilines is 1. The monoisotopic (exact) mass is 494 g/mol. The number of carbonyl (C=O) groups excluding carboxylic acids is 1. The molecule has 3 aliphatic rings. The molecule has 2 aliphatic heterocycles. The number of benzene rings is 1. The number of rotatable bonds is 4. The first-order valence-electron chi connectivity index (χ1n) is 12.5. The van der Waals surface area contributed by atoms with E-state index in [1.165, 1.54) is 17.3 Å². The topological polar surface area (TPSA) is 94.0 Å². The molecule has 0 bridgehead atoms. The molecule has 1 aliphatic carbocycles. The van der Waals surface area contributed by atoms with E-state index < -0.39 is 17.0 Å². The molecule has 4 rings (SSSR count). The lowest BCUT2D eigenvalue weighted by molar-refractivity contribution is -0.118. The second kappa shape index (κ2) is 9.13. The van der Waals surface area contributed by atoms with Gasteiger partial charge in [0.25, 0.3) is 5.91 Å². The van der Waals surface area contributed by atoms with Crippen molar-refractivity contribution in [3.05, 3.63) is 47.3 Å². The summed E-state index contributed by atoms with van der Waals surface area (Å²) in [5.41, 5.74) is 4.99. The van der Waals surface area contributed by atoms with Crippen molar-refractivity contribution in [2.45, 2.75) is 95.2 Å². The third-order valence-electron chi connectivity index (χ3n) is 7.65. The quantitative estimate of drug-likeness (QED) is 0.529. The van der Waals surface area contributed by atoms with Crippen LogP contribution in [0.3, 0.4) is 0 Å². The number of hydrogen-bond donors (Lipinski definition) is 3. The lowest BCUT2D eigenvalue weighted by Crippen LogP contribution is -2.47. The highest BCUT2D eigenvalue weighted by molar-refractivity contribution is 7.87. The number of nitriles is 1. The molecule has 1 saturated heterocycles. The van der Waals surface area contributed by atoms with Crippen LogP contribution in [0.1, 0.15) is 90.7 Å². The van der Waals surface area contributed by atoms with Gasteiger partial charge in [-0.25, -0.2) is 0 Å². The van der Waals surface area contributed by atoms with Crippen LogP contribution < -0.4 is 16.0 Å².